The Hall–Kier alpha value is -1.35. The summed E-state index contributed by atoms with van der Waals surface area (Å²) in [6.45, 7) is 4.84. The molecule has 21 heavy (non-hydrogen) atoms. The second-order valence-electron chi connectivity index (χ2n) is 5.71. The van der Waals surface area contributed by atoms with Crippen LogP contribution >= 0.6 is 11.3 Å². The molecule has 1 aliphatic heterocycles. The number of ether oxygens (including phenoxy) is 1. The number of rotatable bonds is 3. The number of aliphatic hydroxyl groups is 1. The Morgan fingerprint density at radius 3 is 3.10 bits per heavy atom. The van der Waals surface area contributed by atoms with E-state index < -0.39 is 0 Å². The first-order valence-corrected chi connectivity index (χ1v) is 7.96. The lowest BCUT2D eigenvalue weighted by Crippen LogP contribution is -2.45. The minimum absolute atomic E-state index is 0.0436. The normalized spacial score (nSPS) is 20.4. The average molecular weight is 307 g/mol. The van der Waals surface area contributed by atoms with Gasteiger partial charge in [0.05, 0.1) is 22.0 Å². The maximum Gasteiger partial charge on any atom is 0.261 e. The van der Waals surface area contributed by atoms with Crippen molar-refractivity contribution in [2.75, 3.05) is 13.2 Å². The third-order valence-corrected chi connectivity index (χ3v) is 4.31. The van der Waals surface area contributed by atoms with Gasteiger partial charge in [-0.1, -0.05) is 11.8 Å². The molecule has 5 heteroatoms. The Balaban J connectivity index is 1.93. The summed E-state index contributed by atoms with van der Waals surface area (Å²) in [5.41, 5.74) is -0.174. The molecule has 0 spiro atoms. The number of aliphatic hydroxyl groups excluding tert-OH is 1. The van der Waals surface area contributed by atoms with Gasteiger partial charge < -0.3 is 15.2 Å². The molecule has 1 fully saturated rings. The molecule has 2 heterocycles. The molecule has 0 aromatic carbocycles. The highest BCUT2D eigenvalue weighted by Crippen LogP contribution is 2.24. The fourth-order valence-electron chi connectivity index (χ4n) is 2.34. The van der Waals surface area contributed by atoms with Crippen molar-refractivity contribution in [2.24, 2.45) is 0 Å². The second kappa shape index (κ2) is 7.08. The third kappa shape index (κ3) is 4.85. The molecule has 1 atom stereocenters. The molecular weight excluding hydrogens is 286 g/mol. The lowest BCUT2D eigenvalue weighted by Gasteiger charge is -2.35. The Kier molecular flexibility index (Phi) is 5.40. The molecule has 4 nitrogen and oxygen atoms in total. The van der Waals surface area contributed by atoms with Crippen LogP contribution in [0.2, 0.25) is 0 Å². The molecule has 2 N–H and O–H groups in total. The van der Waals surface area contributed by atoms with Crippen LogP contribution in [0.4, 0.5) is 0 Å². The number of amides is 1. The number of hydrogen-bond acceptors (Lipinski definition) is 4. The van der Waals surface area contributed by atoms with Crippen LogP contribution in [0.1, 0.15) is 47.7 Å². The topological polar surface area (TPSA) is 58.6 Å². The molecular formula is C16H21NO3S. The molecule has 0 bridgehead atoms. The van der Waals surface area contributed by atoms with E-state index in [2.05, 4.69) is 17.2 Å². The predicted octanol–water partition coefficient (Wildman–Crippen LogP) is 2.17. The van der Waals surface area contributed by atoms with Crippen LogP contribution in [0.15, 0.2) is 12.1 Å². The maximum absolute atomic E-state index is 12.2. The molecule has 0 saturated carbocycles. The smallest absolute Gasteiger partial charge is 0.261 e. The van der Waals surface area contributed by atoms with Crippen molar-refractivity contribution in [3.63, 3.8) is 0 Å². The first-order valence-electron chi connectivity index (χ1n) is 7.14. The van der Waals surface area contributed by atoms with Crippen molar-refractivity contribution in [2.45, 2.75) is 44.8 Å². The van der Waals surface area contributed by atoms with Gasteiger partial charge in [0.15, 0.2) is 0 Å². The van der Waals surface area contributed by atoms with Gasteiger partial charge in [0.25, 0.3) is 5.91 Å². The van der Waals surface area contributed by atoms with Crippen LogP contribution < -0.4 is 5.32 Å². The lowest BCUT2D eigenvalue weighted by atomic mass is 9.94. The minimum Gasteiger partial charge on any atom is -0.395 e. The summed E-state index contributed by atoms with van der Waals surface area (Å²) in [7, 11) is 0. The van der Waals surface area contributed by atoms with Crippen LogP contribution in [0.5, 0.6) is 0 Å². The number of nitrogens with one attached hydrogen (secondary N) is 1. The van der Waals surface area contributed by atoms with E-state index in [1.165, 1.54) is 11.3 Å². The summed E-state index contributed by atoms with van der Waals surface area (Å²) < 4.78 is 5.65. The summed E-state index contributed by atoms with van der Waals surface area (Å²) in [5, 5.41) is 11.8. The summed E-state index contributed by atoms with van der Waals surface area (Å²) >= 11 is 1.38. The van der Waals surface area contributed by atoms with Gasteiger partial charge in [0.2, 0.25) is 0 Å². The summed E-state index contributed by atoms with van der Waals surface area (Å²) in [6, 6.07) is 3.80. The van der Waals surface area contributed by atoms with Gasteiger partial charge in [0.1, 0.15) is 0 Å². The zero-order chi connectivity index (χ0) is 15.3. The van der Waals surface area contributed by atoms with Crippen LogP contribution in [-0.4, -0.2) is 35.9 Å². The van der Waals surface area contributed by atoms with Crippen molar-refractivity contribution < 1.29 is 14.6 Å². The first kappa shape index (κ1) is 16.0. The highest BCUT2D eigenvalue weighted by molar-refractivity contribution is 7.14. The average Bonchev–Trinajstić information content (AvgIpc) is 2.87. The molecule has 2 rings (SSSR count). The molecule has 1 aliphatic rings. The van der Waals surface area contributed by atoms with E-state index in [1.807, 2.05) is 19.9 Å². The number of carbonyl (C=O) groups excluding carboxylic acids is 1. The van der Waals surface area contributed by atoms with Gasteiger partial charge in [0, 0.05) is 19.1 Å². The van der Waals surface area contributed by atoms with E-state index in [1.54, 1.807) is 6.07 Å². The highest BCUT2D eigenvalue weighted by Gasteiger charge is 2.29. The molecule has 0 aliphatic carbocycles. The van der Waals surface area contributed by atoms with Crippen molar-refractivity contribution in [1.82, 2.24) is 5.32 Å². The van der Waals surface area contributed by atoms with Gasteiger partial charge in [-0.25, -0.2) is 0 Å². The fourth-order valence-corrected chi connectivity index (χ4v) is 3.13. The second-order valence-corrected chi connectivity index (χ2v) is 6.79. The number of carbonyl (C=O) groups is 1. The van der Waals surface area contributed by atoms with Gasteiger partial charge in [-0.3, -0.25) is 4.79 Å². The highest BCUT2D eigenvalue weighted by atomic mass is 32.1. The van der Waals surface area contributed by atoms with Gasteiger partial charge in [-0.2, -0.15) is 0 Å². The van der Waals surface area contributed by atoms with Crippen molar-refractivity contribution in [3.8, 4) is 11.8 Å². The Bertz CT molecular complexity index is 553. The van der Waals surface area contributed by atoms with Gasteiger partial charge in [-0.05, 0) is 38.8 Å². The lowest BCUT2D eigenvalue weighted by molar-refractivity contribution is -0.0615. The first-order chi connectivity index (χ1) is 10.00. The van der Waals surface area contributed by atoms with E-state index in [0.29, 0.717) is 17.9 Å². The predicted molar refractivity (Wildman–Crippen MR) is 83.4 cm³/mol. The minimum atomic E-state index is -0.174. The number of hydrogen-bond donors (Lipinski definition) is 2. The summed E-state index contributed by atoms with van der Waals surface area (Å²) in [4.78, 5) is 13.8. The zero-order valence-corrected chi connectivity index (χ0v) is 13.3. The van der Waals surface area contributed by atoms with Crippen LogP contribution in [0.25, 0.3) is 0 Å². The van der Waals surface area contributed by atoms with Crippen LogP contribution in [-0.2, 0) is 4.74 Å². The monoisotopic (exact) mass is 307 g/mol. The largest absolute Gasteiger partial charge is 0.395 e. The Morgan fingerprint density at radius 1 is 1.57 bits per heavy atom. The molecule has 1 aromatic rings. The van der Waals surface area contributed by atoms with Crippen LogP contribution in [0, 0.1) is 11.8 Å². The Labute approximate surface area is 129 Å². The van der Waals surface area contributed by atoms with Gasteiger partial charge >= 0.3 is 0 Å². The molecule has 1 unspecified atom stereocenters. The zero-order valence-electron chi connectivity index (χ0n) is 12.4. The molecule has 114 valence electrons. The standard InChI is InChI=1S/C16H21NO3S/c1-16(2)11-12(8-10-20-16)17-15(19)14-7-6-13(21-14)5-3-4-9-18/h6-7,12,18H,4,8-11H2,1-2H3,(H,17,19). The SMILES string of the molecule is CC1(C)CC(NC(=O)c2ccc(C#CCCO)s2)CCO1. The summed E-state index contributed by atoms with van der Waals surface area (Å²) in [5.74, 6) is 5.76. The van der Waals surface area contributed by atoms with E-state index in [0.717, 1.165) is 17.7 Å². The van der Waals surface area contributed by atoms with Crippen molar-refractivity contribution in [3.05, 3.63) is 21.9 Å². The van der Waals surface area contributed by atoms with Crippen molar-refractivity contribution >= 4 is 17.2 Å². The van der Waals surface area contributed by atoms with Gasteiger partial charge in [-0.15, -0.1) is 11.3 Å². The maximum atomic E-state index is 12.2. The van der Waals surface area contributed by atoms with E-state index in [-0.39, 0.29) is 24.2 Å². The quantitative estimate of drug-likeness (QED) is 0.842. The van der Waals surface area contributed by atoms with E-state index in [9.17, 15) is 4.79 Å². The summed E-state index contributed by atoms with van der Waals surface area (Å²) in [6.07, 6.45) is 2.13. The fraction of sp³-hybridized carbons (Fsp3) is 0.562. The third-order valence-electron chi connectivity index (χ3n) is 3.31. The molecule has 1 amide bonds. The molecule has 1 saturated heterocycles. The molecule has 0 radical (unpaired) electrons. The van der Waals surface area contributed by atoms with Crippen LogP contribution in [0.3, 0.4) is 0 Å². The molecule has 1 aromatic heterocycles. The Morgan fingerprint density at radius 2 is 2.38 bits per heavy atom. The number of thiophene rings is 1. The van der Waals surface area contributed by atoms with E-state index in [4.69, 9.17) is 9.84 Å². The van der Waals surface area contributed by atoms with E-state index >= 15 is 0 Å². The van der Waals surface area contributed by atoms with Crippen molar-refractivity contribution in [1.29, 1.82) is 0 Å².